The molecular formula is C13H17N3. The number of hydrogen-bond acceptors (Lipinski definition) is 2. The second-order valence-corrected chi connectivity index (χ2v) is 4.42. The van der Waals surface area contributed by atoms with Gasteiger partial charge >= 0.3 is 0 Å². The molecule has 2 aromatic rings. The number of aromatic nitrogens is 2. The lowest BCUT2D eigenvalue weighted by Gasteiger charge is -2.10. The molecule has 0 radical (unpaired) electrons. The number of nitrogens with two attached hydrogens (primary N) is 1. The lowest BCUT2D eigenvalue weighted by Crippen LogP contribution is -2.05. The van der Waals surface area contributed by atoms with Gasteiger partial charge in [0.05, 0.1) is 0 Å². The first-order valence-corrected chi connectivity index (χ1v) is 5.54. The molecule has 0 saturated carbocycles. The summed E-state index contributed by atoms with van der Waals surface area (Å²) >= 11 is 0. The summed E-state index contributed by atoms with van der Waals surface area (Å²) in [6, 6.07) is 7.84. The maximum atomic E-state index is 5.78. The maximum Gasteiger partial charge on any atom is 0.139 e. The van der Waals surface area contributed by atoms with E-state index in [9.17, 15) is 0 Å². The highest BCUT2D eigenvalue weighted by molar-refractivity contribution is 5.61. The van der Waals surface area contributed by atoms with Gasteiger partial charge in [0.15, 0.2) is 0 Å². The molecule has 16 heavy (non-hydrogen) atoms. The standard InChI is InChI=1S/C13H17N3/c1-10(2)9-16-7-6-15-13(16)11-4-3-5-12(14)8-11/h3-8,10H,9,14H2,1-2H3. The molecule has 1 aromatic carbocycles. The smallest absolute Gasteiger partial charge is 0.139 e. The van der Waals surface area contributed by atoms with Crippen LogP contribution < -0.4 is 5.73 Å². The highest BCUT2D eigenvalue weighted by Gasteiger charge is 2.06. The highest BCUT2D eigenvalue weighted by Crippen LogP contribution is 2.20. The van der Waals surface area contributed by atoms with Gasteiger partial charge in [0.2, 0.25) is 0 Å². The van der Waals surface area contributed by atoms with Gasteiger partial charge in [-0.1, -0.05) is 26.0 Å². The zero-order valence-corrected chi connectivity index (χ0v) is 9.72. The topological polar surface area (TPSA) is 43.8 Å². The van der Waals surface area contributed by atoms with E-state index in [2.05, 4.69) is 23.4 Å². The lowest BCUT2D eigenvalue weighted by atomic mass is 10.1. The number of anilines is 1. The van der Waals surface area contributed by atoms with E-state index in [1.165, 1.54) is 0 Å². The molecule has 0 fully saturated rings. The van der Waals surface area contributed by atoms with Crippen molar-refractivity contribution in [2.75, 3.05) is 5.73 Å². The van der Waals surface area contributed by atoms with Crippen molar-refractivity contribution in [2.24, 2.45) is 5.92 Å². The van der Waals surface area contributed by atoms with Crippen LogP contribution in [0.15, 0.2) is 36.7 Å². The molecule has 0 spiro atoms. The summed E-state index contributed by atoms with van der Waals surface area (Å²) in [6.07, 6.45) is 3.85. The zero-order valence-electron chi connectivity index (χ0n) is 9.72. The van der Waals surface area contributed by atoms with Gasteiger partial charge in [0, 0.05) is 30.2 Å². The molecular weight excluding hydrogens is 198 g/mol. The van der Waals surface area contributed by atoms with Gasteiger partial charge in [-0.2, -0.15) is 0 Å². The maximum absolute atomic E-state index is 5.78. The third kappa shape index (κ3) is 2.24. The molecule has 0 saturated heterocycles. The molecule has 1 heterocycles. The summed E-state index contributed by atoms with van der Waals surface area (Å²) < 4.78 is 2.17. The predicted molar refractivity (Wildman–Crippen MR) is 66.9 cm³/mol. The van der Waals surface area contributed by atoms with Crippen molar-refractivity contribution in [1.29, 1.82) is 0 Å². The molecule has 0 aliphatic rings. The van der Waals surface area contributed by atoms with E-state index in [-0.39, 0.29) is 0 Å². The Morgan fingerprint density at radius 3 is 2.88 bits per heavy atom. The Morgan fingerprint density at radius 1 is 1.38 bits per heavy atom. The molecule has 1 aromatic heterocycles. The second-order valence-electron chi connectivity index (χ2n) is 4.42. The van der Waals surface area contributed by atoms with Crippen LogP contribution in [-0.4, -0.2) is 9.55 Å². The summed E-state index contributed by atoms with van der Waals surface area (Å²) in [5.41, 5.74) is 7.63. The largest absolute Gasteiger partial charge is 0.399 e. The average Bonchev–Trinajstić information content (AvgIpc) is 2.65. The fourth-order valence-electron chi connectivity index (χ4n) is 1.79. The minimum absolute atomic E-state index is 0.606. The summed E-state index contributed by atoms with van der Waals surface area (Å²) in [5, 5.41) is 0. The van der Waals surface area contributed by atoms with E-state index in [0.29, 0.717) is 5.92 Å². The van der Waals surface area contributed by atoms with Gasteiger partial charge in [0.25, 0.3) is 0 Å². The van der Waals surface area contributed by atoms with Gasteiger partial charge in [-0.25, -0.2) is 4.98 Å². The summed E-state index contributed by atoms with van der Waals surface area (Å²) in [6.45, 7) is 5.37. The monoisotopic (exact) mass is 215 g/mol. The van der Waals surface area contributed by atoms with E-state index in [1.807, 2.05) is 36.7 Å². The first kappa shape index (κ1) is 10.7. The molecule has 3 nitrogen and oxygen atoms in total. The highest BCUT2D eigenvalue weighted by atomic mass is 15.1. The van der Waals surface area contributed by atoms with E-state index in [4.69, 9.17) is 5.73 Å². The van der Waals surface area contributed by atoms with Crippen LogP contribution in [0.2, 0.25) is 0 Å². The fraction of sp³-hybridized carbons (Fsp3) is 0.308. The molecule has 2 N–H and O–H groups in total. The molecule has 84 valence electrons. The predicted octanol–water partition coefficient (Wildman–Crippen LogP) is 2.79. The summed E-state index contributed by atoms with van der Waals surface area (Å²) in [7, 11) is 0. The van der Waals surface area contributed by atoms with Crippen molar-refractivity contribution in [2.45, 2.75) is 20.4 Å². The van der Waals surface area contributed by atoms with Gasteiger partial charge in [0.1, 0.15) is 5.82 Å². The first-order valence-electron chi connectivity index (χ1n) is 5.54. The first-order chi connectivity index (χ1) is 7.66. The van der Waals surface area contributed by atoms with Crippen LogP contribution in [0.3, 0.4) is 0 Å². The fourth-order valence-corrected chi connectivity index (χ4v) is 1.79. The third-order valence-electron chi connectivity index (χ3n) is 2.42. The van der Waals surface area contributed by atoms with Crippen molar-refractivity contribution in [1.82, 2.24) is 9.55 Å². The molecule has 3 heteroatoms. The van der Waals surface area contributed by atoms with Crippen molar-refractivity contribution < 1.29 is 0 Å². The second kappa shape index (κ2) is 4.39. The van der Waals surface area contributed by atoms with Crippen LogP contribution in [-0.2, 0) is 6.54 Å². The Balaban J connectivity index is 2.37. The van der Waals surface area contributed by atoms with Crippen LogP contribution in [0, 0.1) is 5.92 Å². The van der Waals surface area contributed by atoms with Gasteiger partial charge in [-0.05, 0) is 18.1 Å². The van der Waals surface area contributed by atoms with Crippen molar-refractivity contribution in [3.05, 3.63) is 36.7 Å². The Hall–Kier alpha value is -1.77. The van der Waals surface area contributed by atoms with Crippen molar-refractivity contribution >= 4 is 5.69 Å². The lowest BCUT2D eigenvalue weighted by molar-refractivity contribution is 0.527. The van der Waals surface area contributed by atoms with Crippen molar-refractivity contribution in [3.8, 4) is 11.4 Å². The number of nitrogen functional groups attached to an aromatic ring is 1. The van der Waals surface area contributed by atoms with Gasteiger partial charge < -0.3 is 10.3 Å². The molecule has 0 amide bonds. The molecule has 0 aliphatic carbocycles. The number of nitrogens with zero attached hydrogens (tertiary/aromatic N) is 2. The molecule has 0 atom stereocenters. The average molecular weight is 215 g/mol. The van der Waals surface area contributed by atoms with Crippen molar-refractivity contribution in [3.63, 3.8) is 0 Å². The quantitative estimate of drug-likeness (QED) is 0.800. The molecule has 0 aliphatic heterocycles. The molecule has 2 rings (SSSR count). The van der Waals surface area contributed by atoms with E-state index >= 15 is 0 Å². The van der Waals surface area contributed by atoms with Gasteiger partial charge in [-0.15, -0.1) is 0 Å². The third-order valence-corrected chi connectivity index (χ3v) is 2.42. The molecule has 0 unspecified atom stereocenters. The van der Waals surface area contributed by atoms with E-state index in [1.54, 1.807) is 0 Å². The Labute approximate surface area is 95.9 Å². The summed E-state index contributed by atoms with van der Waals surface area (Å²) in [5.74, 6) is 1.59. The minimum atomic E-state index is 0.606. The molecule has 0 bridgehead atoms. The number of imidazole rings is 1. The zero-order chi connectivity index (χ0) is 11.5. The number of rotatable bonds is 3. The summed E-state index contributed by atoms with van der Waals surface area (Å²) in [4.78, 5) is 4.39. The van der Waals surface area contributed by atoms with Crippen LogP contribution in [0.25, 0.3) is 11.4 Å². The van der Waals surface area contributed by atoms with Crippen LogP contribution >= 0.6 is 0 Å². The van der Waals surface area contributed by atoms with E-state index < -0.39 is 0 Å². The van der Waals surface area contributed by atoms with Crippen LogP contribution in [0.5, 0.6) is 0 Å². The van der Waals surface area contributed by atoms with Gasteiger partial charge in [-0.3, -0.25) is 0 Å². The van der Waals surface area contributed by atoms with Crippen LogP contribution in [0.1, 0.15) is 13.8 Å². The SMILES string of the molecule is CC(C)Cn1ccnc1-c1cccc(N)c1. The Kier molecular flexibility index (Phi) is 2.95. The van der Waals surface area contributed by atoms with Crippen LogP contribution in [0.4, 0.5) is 5.69 Å². The number of hydrogen-bond donors (Lipinski definition) is 1. The normalized spacial score (nSPS) is 10.9. The Morgan fingerprint density at radius 2 is 2.19 bits per heavy atom. The number of benzene rings is 1. The van der Waals surface area contributed by atoms with E-state index in [0.717, 1.165) is 23.6 Å². The Bertz CT molecular complexity index is 472. The minimum Gasteiger partial charge on any atom is -0.399 e.